The fraction of sp³-hybridized carbons (Fsp3) is 0. The third-order valence-electron chi connectivity index (χ3n) is 3.64. The lowest BCUT2D eigenvalue weighted by atomic mass is 10.2. The fourth-order valence-electron chi connectivity index (χ4n) is 2.51. The summed E-state index contributed by atoms with van der Waals surface area (Å²) in [5.74, 6) is 5.69. The van der Waals surface area contributed by atoms with E-state index in [0.717, 1.165) is 16.6 Å². The number of halogens is 3. The second-order valence-electron chi connectivity index (χ2n) is 5.05. The molecule has 0 saturated heterocycles. The van der Waals surface area contributed by atoms with Gasteiger partial charge in [0.1, 0.15) is 5.52 Å². The zero-order valence-electron chi connectivity index (χ0n) is 11.6. The predicted octanol–water partition coefficient (Wildman–Crippen LogP) is 4.42. The third-order valence-corrected chi connectivity index (χ3v) is 4.17. The van der Waals surface area contributed by atoms with Crippen LogP contribution in [-0.2, 0) is 0 Å². The van der Waals surface area contributed by atoms with Crippen molar-refractivity contribution >= 4 is 56.8 Å². The molecule has 4 aromatic rings. The van der Waals surface area contributed by atoms with E-state index in [9.17, 15) is 4.39 Å². The Morgan fingerprint density at radius 1 is 1.22 bits per heavy atom. The van der Waals surface area contributed by atoms with Crippen molar-refractivity contribution in [3.8, 4) is 0 Å². The molecule has 0 aliphatic carbocycles. The van der Waals surface area contributed by atoms with E-state index in [2.05, 4.69) is 15.3 Å². The van der Waals surface area contributed by atoms with Crippen molar-refractivity contribution in [2.24, 2.45) is 0 Å². The molecule has 23 heavy (non-hydrogen) atoms. The zero-order valence-corrected chi connectivity index (χ0v) is 13.1. The van der Waals surface area contributed by atoms with Gasteiger partial charge in [-0.25, -0.2) is 14.1 Å². The standard InChI is InChI=1S/C15H10Cl2FN5/c16-7-1-3-10-8(5-7)11(6-20-10)21-15-22-14-12(23(15)19)4-2-9(17)13(14)18/h1-6,20H,19H2,(H,21,22). The summed E-state index contributed by atoms with van der Waals surface area (Å²) in [4.78, 5) is 7.31. The van der Waals surface area contributed by atoms with Crippen molar-refractivity contribution in [1.82, 2.24) is 14.6 Å². The molecule has 2 aromatic carbocycles. The summed E-state index contributed by atoms with van der Waals surface area (Å²) in [7, 11) is 0. The first-order chi connectivity index (χ1) is 11.0. The van der Waals surface area contributed by atoms with Crippen LogP contribution in [0.25, 0.3) is 21.9 Å². The Morgan fingerprint density at radius 3 is 2.87 bits per heavy atom. The summed E-state index contributed by atoms with van der Waals surface area (Å²) in [6.45, 7) is 0. The van der Waals surface area contributed by atoms with E-state index < -0.39 is 5.82 Å². The normalized spacial score (nSPS) is 11.4. The molecule has 116 valence electrons. The van der Waals surface area contributed by atoms with Crippen molar-refractivity contribution in [1.29, 1.82) is 0 Å². The number of imidazole rings is 1. The second-order valence-corrected chi connectivity index (χ2v) is 5.90. The van der Waals surface area contributed by atoms with Crippen molar-refractivity contribution in [2.45, 2.75) is 0 Å². The highest BCUT2D eigenvalue weighted by Gasteiger charge is 2.16. The predicted molar refractivity (Wildman–Crippen MR) is 91.4 cm³/mol. The lowest BCUT2D eigenvalue weighted by Gasteiger charge is -2.04. The highest BCUT2D eigenvalue weighted by molar-refractivity contribution is 6.31. The van der Waals surface area contributed by atoms with Crippen LogP contribution in [0.2, 0.25) is 10.0 Å². The number of nitrogens with zero attached hydrogens (tertiary/aromatic N) is 2. The maximum atomic E-state index is 14.1. The molecule has 0 saturated carbocycles. The molecule has 4 rings (SSSR count). The smallest absolute Gasteiger partial charge is 0.227 e. The van der Waals surface area contributed by atoms with Crippen LogP contribution in [0, 0.1) is 5.82 Å². The van der Waals surface area contributed by atoms with Crippen LogP contribution < -0.4 is 11.2 Å². The number of fused-ring (bicyclic) bond motifs is 2. The maximum absolute atomic E-state index is 14.1. The number of aromatic nitrogens is 3. The summed E-state index contributed by atoms with van der Waals surface area (Å²) in [6, 6.07) is 8.54. The van der Waals surface area contributed by atoms with Crippen molar-refractivity contribution in [3.63, 3.8) is 0 Å². The van der Waals surface area contributed by atoms with E-state index in [1.54, 1.807) is 18.3 Å². The summed E-state index contributed by atoms with van der Waals surface area (Å²) >= 11 is 11.8. The molecule has 5 nitrogen and oxygen atoms in total. The molecule has 0 bridgehead atoms. The molecule has 0 radical (unpaired) electrons. The molecule has 0 atom stereocenters. The number of rotatable bonds is 2. The quantitative estimate of drug-likeness (QED) is 0.469. The Hall–Kier alpha value is -2.44. The van der Waals surface area contributed by atoms with Crippen molar-refractivity contribution < 1.29 is 4.39 Å². The number of hydrogen-bond donors (Lipinski definition) is 3. The van der Waals surface area contributed by atoms with Gasteiger partial charge in [0, 0.05) is 22.1 Å². The molecular formula is C15H10Cl2FN5. The summed E-state index contributed by atoms with van der Waals surface area (Å²) in [5.41, 5.74) is 2.19. The Labute approximate surface area is 139 Å². The molecule has 8 heteroatoms. The molecule has 4 N–H and O–H groups in total. The first kappa shape index (κ1) is 14.2. The van der Waals surface area contributed by atoms with E-state index in [1.165, 1.54) is 10.7 Å². The van der Waals surface area contributed by atoms with Gasteiger partial charge in [-0.3, -0.25) is 0 Å². The molecule has 0 fully saturated rings. The number of benzene rings is 2. The molecule has 2 heterocycles. The maximum Gasteiger partial charge on any atom is 0.227 e. The molecular weight excluding hydrogens is 340 g/mol. The van der Waals surface area contributed by atoms with Gasteiger partial charge in [0.2, 0.25) is 5.95 Å². The van der Waals surface area contributed by atoms with E-state index in [4.69, 9.17) is 29.0 Å². The minimum absolute atomic E-state index is 0.000950. The van der Waals surface area contributed by atoms with Crippen LogP contribution in [-0.4, -0.2) is 14.6 Å². The third kappa shape index (κ3) is 2.18. The average Bonchev–Trinajstić information content (AvgIpc) is 3.06. The van der Waals surface area contributed by atoms with Crippen LogP contribution in [0.3, 0.4) is 0 Å². The number of aromatic amines is 1. The van der Waals surface area contributed by atoms with Gasteiger partial charge in [0.25, 0.3) is 0 Å². The topological polar surface area (TPSA) is 71.7 Å². The first-order valence-corrected chi connectivity index (χ1v) is 7.45. The first-order valence-electron chi connectivity index (χ1n) is 6.70. The van der Waals surface area contributed by atoms with E-state index in [-0.39, 0.29) is 10.5 Å². The molecule has 0 unspecified atom stereocenters. The summed E-state index contributed by atoms with van der Waals surface area (Å²) < 4.78 is 15.3. The van der Waals surface area contributed by atoms with Crippen LogP contribution in [0.5, 0.6) is 0 Å². The van der Waals surface area contributed by atoms with Gasteiger partial charge in [-0.1, -0.05) is 23.2 Å². The zero-order chi connectivity index (χ0) is 16.1. The summed E-state index contributed by atoms with van der Waals surface area (Å²) in [6.07, 6.45) is 1.77. The average molecular weight is 350 g/mol. The lowest BCUT2D eigenvalue weighted by Crippen LogP contribution is -2.11. The number of anilines is 2. The highest BCUT2D eigenvalue weighted by Crippen LogP contribution is 2.30. The van der Waals surface area contributed by atoms with Gasteiger partial charge < -0.3 is 16.1 Å². The van der Waals surface area contributed by atoms with Crippen molar-refractivity contribution in [2.75, 3.05) is 11.2 Å². The monoisotopic (exact) mass is 349 g/mol. The van der Waals surface area contributed by atoms with E-state index in [1.807, 2.05) is 12.1 Å². The number of hydrogen-bond acceptors (Lipinski definition) is 3. The van der Waals surface area contributed by atoms with Crippen molar-refractivity contribution in [3.05, 3.63) is 52.4 Å². The fourth-order valence-corrected chi connectivity index (χ4v) is 2.83. The Balaban J connectivity index is 1.84. The molecule has 0 aliphatic heterocycles. The number of nitrogens with two attached hydrogens (primary N) is 1. The molecule has 2 aromatic heterocycles. The Bertz CT molecular complexity index is 1050. The molecule has 0 spiro atoms. The van der Waals surface area contributed by atoms with Gasteiger partial charge in [-0.05, 0) is 30.3 Å². The van der Waals surface area contributed by atoms with Gasteiger partial charge in [-0.2, -0.15) is 0 Å². The Kier molecular flexibility index (Phi) is 3.11. The second kappa shape index (κ2) is 5.04. The van der Waals surface area contributed by atoms with Gasteiger partial charge in [0.15, 0.2) is 5.82 Å². The minimum Gasteiger partial charge on any atom is -0.359 e. The number of nitrogen functional groups attached to an aromatic ring is 1. The van der Waals surface area contributed by atoms with E-state index >= 15 is 0 Å². The molecule has 0 amide bonds. The largest absolute Gasteiger partial charge is 0.359 e. The van der Waals surface area contributed by atoms with E-state index in [0.29, 0.717) is 16.5 Å². The van der Waals surface area contributed by atoms with Gasteiger partial charge in [-0.15, -0.1) is 0 Å². The Morgan fingerprint density at radius 2 is 2.04 bits per heavy atom. The number of H-pyrrole nitrogens is 1. The van der Waals surface area contributed by atoms with Crippen LogP contribution in [0.15, 0.2) is 36.5 Å². The highest BCUT2D eigenvalue weighted by atomic mass is 35.5. The number of nitrogens with one attached hydrogen (secondary N) is 2. The van der Waals surface area contributed by atoms with Gasteiger partial charge in [0.05, 0.1) is 16.2 Å². The lowest BCUT2D eigenvalue weighted by molar-refractivity contribution is 0.638. The van der Waals surface area contributed by atoms with Crippen LogP contribution >= 0.6 is 23.2 Å². The van der Waals surface area contributed by atoms with Gasteiger partial charge >= 0.3 is 0 Å². The minimum atomic E-state index is -0.599. The summed E-state index contributed by atoms with van der Waals surface area (Å²) in [5, 5.41) is 4.57. The SMILES string of the molecule is Nn1c(Nc2c[nH]c3ccc(Cl)cc23)nc2c(F)c(Cl)ccc21. The van der Waals surface area contributed by atoms with Crippen LogP contribution in [0.1, 0.15) is 0 Å². The molecule has 0 aliphatic rings. The van der Waals surface area contributed by atoms with Crippen LogP contribution in [0.4, 0.5) is 16.0 Å².